The lowest BCUT2D eigenvalue weighted by Gasteiger charge is -2.22. The van der Waals surface area contributed by atoms with Crippen LogP contribution in [0.4, 0.5) is 10.1 Å². The van der Waals surface area contributed by atoms with Crippen molar-refractivity contribution in [2.75, 3.05) is 11.9 Å². The van der Waals surface area contributed by atoms with Gasteiger partial charge in [-0.3, -0.25) is 0 Å². The summed E-state index contributed by atoms with van der Waals surface area (Å²) in [5.74, 6) is 0.0341. The van der Waals surface area contributed by atoms with Crippen LogP contribution in [-0.4, -0.2) is 17.6 Å². The highest BCUT2D eigenvalue weighted by Crippen LogP contribution is 2.23. The van der Waals surface area contributed by atoms with Crippen molar-refractivity contribution in [3.05, 3.63) is 29.6 Å². The van der Waals surface area contributed by atoms with Crippen molar-refractivity contribution in [3.8, 4) is 0 Å². The molecule has 0 heterocycles. The zero-order chi connectivity index (χ0) is 15.2. The molecule has 0 aliphatic heterocycles. The molecule has 112 valence electrons. The fourth-order valence-corrected chi connectivity index (χ4v) is 2.03. The van der Waals surface area contributed by atoms with E-state index in [0.717, 1.165) is 37.1 Å². The maximum Gasteiger partial charge on any atom is 0.144 e. The van der Waals surface area contributed by atoms with Gasteiger partial charge in [-0.05, 0) is 43.5 Å². The van der Waals surface area contributed by atoms with Crippen LogP contribution in [0.15, 0.2) is 23.4 Å². The van der Waals surface area contributed by atoms with Crippen LogP contribution >= 0.6 is 0 Å². The van der Waals surface area contributed by atoms with Crippen LogP contribution < -0.4 is 11.1 Å². The normalized spacial score (nSPS) is 12.5. The van der Waals surface area contributed by atoms with Gasteiger partial charge in [-0.25, -0.2) is 4.39 Å². The van der Waals surface area contributed by atoms with Gasteiger partial charge in [0.2, 0.25) is 0 Å². The number of amidine groups is 1. The molecule has 0 aliphatic carbocycles. The molecule has 1 aromatic carbocycles. The summed E-state index contributed by atoms with van der Waals surface area (Å²) in [6, 6.07) is 4.92. The molecule has 0 unspecified atom stereocenters. The zero-order valence-electron chi connectivity index (χ0n) is 12.4. The Labute approximate surface area is 119 Å². The fraction of sp³-hybridized carbons (Fsp3) is 0.533. The van der Waals surface area contributed by atoms with Crippen LogP contribution in [0.5, 0.6) is 0 Å². The summed E-state index contributed by atoms with van der Waals surface area (Å²) in [5, 5.41) is 15.0. The van der Waals surface area contributed by atoms with E-state index in [9.17, 15) is 4.39 Å². The highest BCUT2D eigenvalue weighted by atomic mass is 19.1. The number of anilines is 1. The standard InChI is InChI=1S/C15H24FN3O/c1-11-8-12(16)10-13(9-11)18-7-5-4-6-15(2,3)14(17)19-20/h8-10,18,20H,4-7H2,1-3H3,(H2,17,19). The SMILES string of the molecule is Cc1cc(F)cc(NCCCCC(C)(C)/C(N)=N/O)c1. The van der Waals surface area contributed by atoms with Gasteiger partial charge in [0.1, 0.15) is 11.7 Å². The Morgan fingerprint density at radius 1 is 1.35 bits per heavy atom. The van der Waals surface area contributed by atoms with Crippen LogP contribution in [-0.2, 0) is 0 Å². The summed E-state index contributed by atoms with van der Waals surface area (Å²) in [7, 11) is 0. The summed E-state index contributed by atoms with van der Waals surface area (Å²) in [5.41, 5.74) is 7.04. The third-order valence-electron chi connectivity index (χ3n) is 3.40. The Balaban J connectivity index is 2.32. The van der Waals surface area contributed by atoms with Gasteiger partial charge >= 0.3 is 0 Å². The summed E-state index contributed by atoms with van der Waals surface area (Å²) in [6.07, 6.45) is 2.73. The Morgan fingerprint density at radius 2 is 2.05 bits per heavy atom. The van der Waals surface area contributed by atoms with Gasteiger partial charge in [-0.1, -0.05) is 25.4 Å². The lowest BCUT2D eigenvalue weighted by molar-refractivity contribution is 0.304. The van der Waals surface area contributed by atoms with E-state index in [1.54, 1.807) is 0 Å². The molecule has 0 fully saturated rings. The van der Waals surface area contributed by atoms with E-state index in [1.165, 1.54) is 12.1 Å². The van der Waals surface area contributed by atoms with Crippen LogP contribution in [0.3, 0.4) is 0 Å². The fourth-order valence-electron chi connectivity index (χ4n) is 2.03. The van der Waals surface area contributed by atoms with E-state index in [0.29, 0.717) is 0 Å². The van der Waals surface area contributed by atoms with Gasteiger partial charge in [0.25, 0.3) is 0 Å². The maximum atomic E-state index is 13.2. The monoisotopic (exact) mass is 281 g/mol. The average molecular weight is 281 g/mol. The van der Waals surface area contributed by atoms with E-state index in [1.807, 2.05) is 26.8 Å². The first-order valence-electron chi connectivity index (χ1n) is 6.84. The van der Waals surface area contributed by atoms with Crippen LogP contribution in [0.2, 0.25) is 0 Å². The van der Waals surface area contributed by atoms with Crippen molar-refractivity contribution in [3.63, 3.8) is 0 Å². The number of benzene rings is 1. The van der Waals surface area contributed by atoms with E-state index >= 15 is 0 Å². The summed E-state index contributed by atoms with van der Waals surface area (Å²) < 4.78 is 13.2. The molecule has 20 heavy (non-hydrogen) atoms. The predicted octanol–water partition coefficient (Wildman–Crippen LogP) is 3.49. The molecule has 0 saturated carbocycles. The van der Waals surface area contributed by atoms with Crippen LogP contribution in [0, 0.1) is 18.2 Å². The quantitative estimate of drug-likeness (QED) is 0.235. The summed E-state index contributed by atoms with van der Waals surface area (Å²) >= 11 is 0. The number of hydrogen-bond acceptors (Lipinski definition) is 3. The number of nitrogens with two attached hydrogens (primary N) is 1. The molecule has 0 atom stereocenters. The van der Waals surface area contributed by atoms with Crippen molar-refractivity contribution < 1.29 is 9.60 Å². The maximum absolute atomic E-state index is 13.2. The first-order chi connectivity index (χ1) is 9.35. The van der Waals surface area contributed by atoms with Crippen molar-refractivity contribution in [2.24, 2.45) is 16.3 Å². The number of halogens is 1. The molecule has 4 N–H and O–H groups in total. The first-order valence-corrected chi connectivity index (χ1v) is 6.84. The van der Waals surface area contributed by atoms with Gasteiger partial charge in [-0.2, -0.15) is 0 Å². The minimum Gasteiger partial charge on any atom is -0.409 e. The predicted molar refractivity (Wildman–Crippen MR) is 80.7 cm³/mol. The molecule has 0 radical (unpaired) electrons. The molecule has 0 bridgehead atoms. The number of hydrogen-bond donors (Lipinski definition) is 3. The molecular weight excluding hydrogens is 257 g/mol. The minimum atomic E-state index is -0.301. The highest BCUT2D eigenvalue weighted by molar-refractivity contribution is 5.85. The Bertz CT molecular complexity index is 452. The second kappa shape index (κ2) is 7.12. The zero-order valence-corrected chi connectivity index (χ0v) is 12.4. The number of nitrogens with one attached hydrogen (secondary N) is 1. The number of aryl methyl sites for hydroxylation is 1. The van der Waals surface area contributed by atoms with Gasteiger partial charge in [0, 0.05) is 17.6 Å². The molecule has 5 heteroatoms. The second-order valence-corrected chi connectivity index (χ2v) is 5.77. The van der Waals surface area contributed by atoms with E-state index in [-0.39, 0.29) is 17.1 Å². The van der Waals surface area contributed by atoms with Crippen molar-refractivity contribution in [2.45, 2.75) is 40.0 Å². The molecule has 1 rings (SSSR count). The van der Waals surface area contributed by atoms with E-state index in [4.69, 9.17) is 10.9 Å². The molecule has 0 aliphatic rings. The number of nitrogens with zero attached hydrogens (tertiary/aromatic N) is 1. The second-order valence-electron chi connectivity index (χ2n) is 5.77. The third kappa shape index (κ3) is 5.07. The molecule has 0 saturated heterocycles. The summed E-state index contributed by atoms with van der Waals surface area (Å²) in [6.45, 7) is 6.54. The Hall–Kier alpha value is -1.78. The average Bonchev–Trinajstić information content (AvgIpc) is 2.36. The first kappa shape index (κ1) is 16.3. The Kier molecular flexibility index (Phi) is 5.80. The van der Waals surface area contributed by atoms with Gasteiger partial charge in [-0.15, -0.1) is 0 Å². The molecule has 1 aromatic rings. The number of rotatable bonds is 7. The summed E-state index contributed by atoms with van der Waals surface area (Å²) in [4.78, 5) is 0. The van der Waals surface area contributed by atoms with Gasteiger partial charge < -0.3 is 16.3 Å². The molecule has 4 nitrogen and oxygen atoms in total. The number of oxime groups is 1. The number of unbranched alkanes of at least 4 members (excludes halogenated alkanes) is 1. The van der Waals surface area contributed by atoms with Crippen molar-refractivity contribution in [1.82, 2.24) is 0 Å². The topological polar surface area (TPSA) is 70.6 Å². The van der Waals surface area contributed by atoms with Gasteiger partial charge in [0.05, 0.1) is 0 Å². The van der Waals surface area contributed by atoms with Crippen molar-refractivity contribution >= 4 is 11.5 Å². The van der Waals surface area contributed by atoms with Crippen molar-refractivity contribution in [1.29, 1.82) is 0 Å². The van der Waals surface area contributed by atoms with E-state index in [2.05, 4.69) is 10.5 Å². The van der Waals surface area contributed by atoms with E-state index < -0.39 is 0 Å². The molecule has 0 amide bonds. The van der Waals surface area contributed by atoms with Gasteiger partial charge in [0.15, 0.2) is 0 Å². The molecule has 0 aromatic heterocycles. The lowest BCUT2D eigenvalue weighted by atomic mass is 9.86. The largest absolute Gasteiger partial charge is 0.409 e. The van der Waals surface area contributed by atoms with Crippen LogP contribution in [0.1, 0.15) is 38.7 Å². The van der Waals surface area contributed by atoms with Crippen LogP contribution in [0.25, 0.3) is 0 Å². The molecular formula is C15H24FN3O. The minimum absolute atomic E-state index is 0.222. The smallest absolute Gasteiger partial charge is 0.144 e. The third-order valence-corrected chi connectivity index (χ3v) is 3.40. The molecule has 0 spiro atoms. The Morgan fingerprint density at radius 3 is 2.65 bits per heavy atom. The lowest BCUT2D eigenvalue weighted by Crippen LogP contribution is -2.31. The highest BCUT2D eigenvalue weighted by Gasteiger charge is 2.22.